The third kappa shape index (κ3) is 6.91. The van der Waals surface area contributed by atoms with E-state index in [2.05, 4.69) is 0 Å². The van der Waals surface area contributed by atoms with Crippen LogP contribution in [0, 0.1) is 13.8 Å². The van der Waals surface area contributed by atoms with Gasteiger partial charge in [-0.2, -0.15) is 16.8 Å². The Morgan fingerprint density at radius 1 is 0.733 bits per heavy atom. The largest absolute Gasteiger partial charge is 0.338 e. The molecule has 0 aliphatic carbocycles. The molecule has 0 fully saturated rings. The summed E-state index contributed by atoms with van der Waals surface area (Å²) in [7, 11) is -7.89. The van der Waals surface area contributed by atoms with E-state index in [1.54, 1.807) is 24.3 Å². The monoisotopic (exact) mass is 455 g/mol. The Hall–Kier alpha value is -2.27. The van der Waals surface area contributed by atoms with Crippen LogP contribution in [-0.4, -0.2) is 53.9 Å². The Balaban J connectivity index is 1.88. The lowest BCUT2D eigenvalue weighted by atomic mass is 10.2. The van der Waals surface area contributed by atoms with Crippen molar-refractivity contribution in [3.63, 3.8) is 0 Å². The van der Waals surface area contributed by atoms with Crippen LogP contribution in [-0.2, 0) is 33.4 Å². The fraction of sp³-hybridized carbons (Fsp3) is 0.350. The summed E-state index contributed by atoms with van der Waals surface area (Å²) in [4.78, 5) is 13.1. The molecule has 0 bridgehead atoms. The smallest absolute Gasteiger partial charge is 0.297 e. The SMILES string of the molecule is CC(=O)N(CCOS(=O)(=O)c1ccc(C)cc1)CCOS(=O)(=O)c1ccc(C)cc1. The van der Waals surface area contributed by atoms with Crippen molar-refractivity contribution in [3.8, 4) is 0 Å². The van der Waals surface area contributed by atoms with E-state index in [0.29, 0.717) is 0 Å². The van der Waals surface area contributed by atoms with Gasteiger partial charge in [-0.3, -0.25) is 13.2 Å². The summed E-state index contributed by atoms with van der Waals surface area (Å²) in [5.74, 6) is -0.359. The molecule has 2 aromatic carbocycles. The van der Waals surface area contributed by atoms with Gasteiger partial charge in [0.25, 0.3) is 20.2 Å². The summed E-state index contributed by atoms with van der Waals surface area (Å²) in [5, 5.41) is 0. The van der Waals surface area contributed by atoms with Gasteiger partial charge in [0.05, 0.1) is 23.0 Å². The molecule has 0 unspecified atom stereocenters. The zero-order chi connectivity index (χ0) is 22.4. The Morgan fingerprint density at radius 3 is 1.37 bits per heavy atom. The molecule has 0 heterocycles. The molecule has 30 heavy (non-hydrogen) atoms. The standard InChI is InChI=1S/C20H25NO7S2/c1-16-4-8-19(9-5-16)29(23,24)27-14-12-21(18(3)22)13-15-28-30(25,26)20-10-6-17(2)7-11-20/h4-11H,12-15H2,1-3H3. The first-order valence-corrected chi connectivity index (χ1v) is 12.0. The summed E-state index contributed by atoms with van der Waals surface area (Å²) in [5.41, 5.74) is 1.83. The van der Waals surface area contributed by atoms with Crippen LogP contribution < -0.4 is 0 Å². The van der Waals surface area contributed by atoms with E-state index < -0.39 is 20.2 Å². The lowest BCUT2D eigenvalue weighted by Gasteiger charge is -2.20. The first kappa shape index (κ1) is 24.0. The van der Waals surface area contributed by atoms with E-state index in [4.69, 9.17) is 8.37 Å². The minimum Gasteiger partial charge on any atom is -0.338 e. The van der Waals surface area contributed by atoms with Crippen LogP contribution in [0.4, 0.5) is 0 Å². The van der Waals surface area contributed by atoms with E-state index in [1.807, 2.05) is 13.8 Å². The molecule has 0 saturated carbocycles. The molecule has 0 radical (unpaired) electrons. The molecule has 0 aromatic heterocycles. The van der Waals surface area contributed by atoms with Gasteiger partial charge >= 0.3 is 0 Å². The fourth-order valence-electron chi connectivity index (χ4n) is 2.49. The summed E-state index contributed by atoms with van der Waals surface area (Å²) >= 11 is 0. The molecule has 0 saturated heterocycles. The van der Waals surface area contributed by atoms with E-state index in [9.17, 15) is 21.6 Å². The van der Waals surface area contributed by atoms with Gasteiger partial charge in [-0.25, -0.2) is 0 Å². The number of aryl methyl sites for hydroxylation is 2. The highest BCUT2D eigenvalue weighted by Gasteiger charge is 2.18. The van der Waals surface area contributed by atoms with Crippen LogP contribution in [0.2, 0.25) is 0 Å². The van der Waals surface area contributed by atoms with Crippen LogP contribution >= 0.6 is 0 Å². The maximum Gasteiger partial charge on any atom is 0.297 e. The minimum atomic E-state index is -3.95. The molecule has 0 atom stereocenters. The third-order valence-electron chi connectivity index (χ3n) is 4.26. The molecule has 2 rings (SSSR count). The normalized spacial score (nSPS) is 12.0. The van der Waals surface area contributed by atoms with Crippen molar-refractivity contribution in [2.75, 3.05) is 26.3 Å². The van der Waals surface area contributed by atoms with Crippen molar-refractivity contribution in [1.29, 1.82) is 0 Å². The second-order valence-corrected chi connectivity index (χ2v) is 9.92. The molecule has 0 aliphatic rings. The highest BCUT2D eigenvalue weighted by molar-refractivity contribution is 7.87. The third-order valence-corrected chi connectivity index (χ3v) is 6.92. The van der Waals surface area contributed by atoms with Crippen molar-refractivity contribution in [2.24, 2.45) is 0 Å². The average Bonchev–Trinajstić information content (AvgIpc) is 2.67. The molecule has 0 N–H and O–H groups in total. The Bertz CT molecular complexity index is 980. The molecule has 1 amide bonds. The van der Waals surface area contributed by atoms with Crippen LogP contribution in [0.5, 0.6) is 0 Å². The number of hydrogen-bond donors (Lipinski definition) is 0. The zero-order valence-corrected chi connectivity index (χ0v) is 18.7. The van der Waals surface area contributed by atoms with Crippen LogP contribution in [0.3, 0.4) is 0 Å². The average molecular weight is 456 g/mol. The van der Waals surface area contributed by atoms with Crippen molar-refractivity contribution in [3.05, 3.63) is 59.7 Å². The van der Waals surface area contributed by atoms with Gasteiger partial charge in [0.1, 0.15) is 0 Å². The summed E-state index contributed by atoms with van der Waals surface area (Å²) in [6, 6.07) is 12.4. The number of amides is 1. The molecule has 2 aromatic rings. The predicted molar refractivity (Wildman–Crippen MR) is 111 cm³/mol. The van der Waals surface area contributed by atoms with E-state index in [-0.39, 0.29) is 42.0 Å². The lowest BCUT2D eigenvalue weighted by Crippen LogP contribution is -2.35. The maximum atomic E-state index is 12.2. The number of hydrogen-bond acceptors (Lipinski definition) is 7. The zero-order valence-electron chi connectivity index (χ0n) is 17.1. The van der Waals surface area contributed by atoms with Crippen LogP contribution in [0.25, 0.3) is 0 Å². The Kier molecular flexibility index (Phi) is 8.13. The first-order valence-electron chi connectivity index (χ1n) is 9.19. The second kappa shape index (κ2) is 10.2. The van der Waals surface area contributed by atoms with E-state index in [1.165, 1.54) is 36.1 Å². The van der Waals surface area contributed by atoms with E-state index in [0.717, 1.165) is 11.1 Å². The molecule has 164 valence electrons. The number of rotatable bonds is 10. The van der Waals surface area contributed by atoms with Crippen LogP contribution in [0.15, 0.2) is 58.3 Å². The highest BCUT2D eigenvalue weighted by atomic mass is 32.2. The quantitative estimate of drug-likeness (QED) is 0.506. The lowest BCUT2D eigenvalue weighted by molar-refractivity contribution is -0.129. The van der Waals surface area contributed by atoms with Crippen LogP contribution in [0.1, 0.15) is 18.1 Å². The maximum absolute atomic E-state index is 12.2. The summed E-state index contributed by atoms with van der Waals surface area (Å²) in [6.07, 6.45) is 0. The van der Waals surface area contributed by atoms with Gasteiger partial charge < -0.3 is 4.90 Å². The molecule has 8 nitrogen and oxygen atoms in total. The number of nitrogens with zero attached hydrogens (tertiary/aromatic N) is 1. The molecular formula is C20H25NO7S2. The Labute approximate surface area is 177 Å². The van der Waals surface area contributed by atoms with Gasteiger partial charge in [-0.05, 0) is 38.1 Å². The summed E-state index contributed by atoms with van der Waals surface area (Å²) in [6.45, 7) is 4.37. The van der Waals surface area contributed by atoms with Gasteiger partial charge in [0.15, 0.2) is 0 Å². The first-order chi connectivity index (χ1) is 14.0. The number of carbonyl (C=O) groups excluding carboxylic acids is 1. The van der Waals surface area contributed by atoms with Crippen molar-refractivity contribution < 1.29 is 30.0 Å². The van der Waals surface area contributed by atoms with Crippen molar-refractivity contribution >= 4 is 26.1 Å². The predicted octanol–water partition coefficient (Wildman–Crippen LogP) is 2.26. The van der Waals surface area contributed by atoms with Gasteiger partial charge in [0.2, 0.25) is 5.91 Å². The minimum absolute atomic E-state index is 0.0231. The van der Waals surface area contributed by atoms with Crippen molar-refractivity contribution in [2.45, 2.75) is 30.6 Å². The number of benzene rings is 2. The van der Waals surface area contributed by atoms with Crippen molar-refractivity contribution in [1.82, 2.24) is 4.90 Å². The molecular weight excluding hydrogens is 430 g/mol. The molecule has 0 aliphatic heterocycles. The van der Waals surface area contributed by atoms with Gasteiger partial charge in [0, 0.05) is 20.0 Å². The summed E-state index contributed by atoms with van der Waals surface area (Å²) < 4.78 is 58.7. The Morgan fingerprint density at radius 2 is 1.07 bits per heavy atom. The molecule has 0 spiro atoms. The van der Waals surface area contributed by atoms with Gasteiger partial charge in [-0.1, -0.05) is 35.4 Å². The second-order valence-electron chi connectivity index (χ2n) is 6.68. The van der Waals surface area contributed by atoms with E-state index >= 15 is 0 Å². The van der Waals surface area contributed by atoms with Gasteiger partial charge in [-0.15, -0.1) is 0 Å². The fourth-order valence-corrected chi connectivity index (χ4v) is 4.29. The molecule has 10 heteroatoms. The topological polar surface area (TPSA) is 107 Å². The highest BCUT2D eigenvalue weighted by Crippen LogP contribution is 2.14. The number of carbonyl (C=O) groups is 1.